The van der Waals surface area contributed by atoms with Gasteiger partial charge in [0, 0.05) is 17.7 Å². The fraction of sp³-hybridized carbons (Fsp3) is 0.143. The summed E-state index contributed by atoms with van der Waals surface area (Å²) in [5.41, 5.74) is 2.55. The van der Waals surface area contributed by atoms with Crippen molar-refractivity contribution < 1.29 is 9.59 Å². The molecule has 0 atom stereocenters. The lowest BCUT2D eigenvalue weighted by Crippen LogP contribution is -2.30. The van der Waals surface area contributed by atoms with Gasteiger partial charge >= 0.3 is 0 Å². The van der Waals surface area contributed by atoms with Gasteiger partial charge in [0.2, 0.25) is 0 Å². The van der Waals surface area contributed by atoms with Gasteiger partial charge in [-0.2, -0.15) is 0 Å². The SMILES string of the molecule is C/C=C\CCN1C(=O)c2ccc(C#Cc3ccccc3)cc2C1=O. The predicted molar refractivity (Wildman–Crippen MR) is 93.7 cm³/mol. The molecular formula is C21H17NO2. The Morgan fingerprint density at radius 1 is 0.917 bits per heavy atom. The van der Waals surface area contributed by atoms with Crippen LogP contribution < -0.4 is 0 Å². The second-order valence-corrected chi connectivity index (χ2v) is 5.50. The standard InChI is InChI=1S/C21H17NO2/c1-2-3-7-14-22-20(23)18-13-12-17(15-19(18)21(22)24)11-10-16-8-5-4-6-9-16/h2-6,8-9,12-13,15H,7,14H2,1H3/b3-2-. The molecule has 118 valence electrons. The first-order valence-corrected chi connectivity index (χ1v) is 7.89. The maximum Gasteiger partial charge on any atom is 0.261 e. The van der Waals surface area contributed by atoms with Crippen LogP contribution in [0, 0.1) is 11.8 Å². The number of carbonyl (C=O) groups is 2. The van der Waals surface area contributed by atoms with Gasteiger partial charge in [-0.25, -0.2) is 0 Å². The number of benzene rings is 2. The van der Waals surface area contributed by atoms with Gasteiger partial charge in [-0.1, -0.05) is 42.2 Å². The molecule has 0 bridgehead atoms. The van der Waals surface area contributed by atoms with Crippen molar-refractivity contribution in [3.05, 3.63) is 82.9 Å². The van der Waals surface area contributed by atoms with Crippen LogP contribution >= 0.6 is 0 Å². The molecule has 1 aliphatic heterocycles. The second kappa shape index (κ2) is 6.97. The number of nitrogens with zero attached hydrogens (tertiary/aromatic N) is 1. The van der Waals surface area contributed by atoms with Crippen LogP contribution in [0.3, 0.4) is 0 Å². The van der Waals surface area contributed by atoms with Gasteiger partial charge in [0.25, 0.3) is 11.8 Å². The lowest BCUT2D eigenvalue weighted by atomic mass is 10.1. The van der Waals surface area contributed by atoms with E-state index in [-0.39, 0.29) is 11.8 Å². The van der Waals surface area contributed by atoms with Crippen molar-refractivity contribution >= 4 is 11.8 Å². The van der Waals surface area contributed by atoms with Gasteiger partial charge in [-0.15, -0.1) is 0 Å². The molecule has 0 unspecified atom stereocenters. The molecule has 2 aromatic rings. The molecule has 0 spiro atoms. The molecule has 0 fully saturated rings. The van der Waals surface area contributed by atoms with E-state index in [1.54, 1.807) is 18.2 Å². The van der Waals surface area contributed by atoms with Gasteiger partial charge in [-0.3, -0.25) is 14.5 Å². The lowest BCUT2D eigenvalue weighted by molar-refractivity contribution is 0.0657. The summed E-state index contributed by atoms with van der Waals surface area (Å²) in [4.78, 5) is 26.1. The van der Waals surface area contributed by atoms with E-state index in [0.29, 0.717) is 24.1 Å². The zero-order valence-electron chi connectivity index (χ0n) is 13.5. The second-order valence-electron chi connectivity index (χ2n) is 5.50. The zero-order chi connectivity index (χ0) is 16.9. The largest absolute Gasteiger partial charge is 0.274 e. The molecule has 0 aliphatic carbocycles. The first kappa shape index (κ1) is 15.8. The topological polar surface area (TPSA) is 37.4 Å². The minimum Gasteiger partial charge on any atom is -0.274 e. The molecule has 1 heterocycles. The molecule has 0 saturated heterocycles. The van der Waals surface area contributed by atoms with Gasteiger partial charge in [0.05, 0.1) is 11.1 Å². The van der Waals surface area contributed by atoms with E-state index >= 15 is 0 Å². The Hall–Kier alpha value is -3.12. The van der Waals surface area contributed by atoms with E-state index in [1.807, 2.05) is 49.4 Å². The summed E-state index contributed by atoms with van der Waals surface area (Å²) in [6.07, 6.45) is 4.53. The Bertz CT molecular complexity index is 870. The van der Waals surface area contributed by atoms with Crippen molar-refractivity contribution in [1.29, 1.82) is 0 Å². The third-order valence-corrected chi connectivity index (χ3v) is 3.85. The number of imide groups is 1. The Kier molecular flexibility index (Phi) is 4.58. The van der Waals surface area contributed by atoms with Crippen molar-refractivity contribution in [2.24, 2.45) is 0 Å². The van der Waals surface area contributed by atoms with Crippen molar-refractivity contribution in [1.82, 2.24) is 4.90 Å². The zero-order valence-corrected chi connectivity index (χ0v) is 13.5. The number of carbonyl (C=O) groups excluding carboxylic acids is 2. The van der Waals surface area contributed by atoms with Gasteiger partial charge < -0.3 is 0 Å². The third-order valence-electron chi connectivity index (χ3n) is 3.85. The third kappa shape index (κ3) is 3.13. The minimum atomic E-state index is -0.233. The van der Waals surface area contributed by atoms with Gasteiger partial charge in [-0.05, 0) is 43.7 Å². The highest BCUT2D eigenvalue weighted by Gasteiger charge is 2.34. The van der Waals surface area contributed by atoms with Crippen LogP contribution in [0.1, 0.15) is 45.2 Å². The van der Waals surface area contributed by atoms with Crippen LogP contribution in [0.25, 0.3) is 0 Å². The molecule has 0 aromatic heterocycles. The maximum atomic E-state index is 12.5. The van der Waals surface area contributed by atoms with Gasteiger partial charge in [0.1, 0.15) is 0 Å². The normalized spacial score (nSPS) is 13.1. The minimum absolute atomic E-state index is 0.220. The van der Waals surface area contributed by atoms with E-state index in [1.165, 1.54) is 4.90 Å². The summed E-state index contributed by atoms with van der Waals surface area (Å²) in [5, 5.41) is 0. The Labute approximate surface area is 141 Å². The molecule has 24 heavy (non-hydrogen) atoms. The predicted octanol–water partition coefficient (Wildman–Crippen LogP) is 3.65. The number of fused-ring (bicyclic) bond motifs is 1. The lowest BCUT2D eigenvalue weighted by Gasteiger charge is -2.11. The van der Waals surface area contributed by atoms with Crippen LogP contribution in [0.4, 0.5) is 0 Å². The van der Waals surface area contributed by atoms with E-state index < -0.39 is 0 Å². The van der Waals surface area contributed by atoms with Crippen LogP contribution in [-0.2, 0) is 0 Å². The fourth-order valence-corrected chi connectivity index (χ4v) is 2.61. The molecule has 2 aromatic carbocycles. The summed E-state index contributed by atoms with van der Waals surface area (Å²) in [5.74, 6) is 5.66. The molecule has 1 aliphatic rings. The summed E-state index contributed by atoms with van der Waals surface area (Å²) >= 11 is 0. The van der Waals surface area contributed by atoms with Crippen molar-refractivity contribution in [2.75, 3.05) is 6.54 Å². The number of allylic oxidation sites excluding steroid dienone is 1. The Balaban J connectivity index is 1.85. The Morgan fingerprint density at radius 2 is 1.62 bits per heavy atom. The number of hydrogen-bond acceptors (Lipinski definition) is 2. The summed E-state index contributed by atoms with van der Waals surface area (Å²) in [7, 11) is 0. The first-order chi connectivity index (χ1) is 11.7. The van der Waals surface area contributed by atoms with E-state index in [0.717, 1.165) is 11.1 Å². The highest BCUT2D eigenvalue weighted by Crippen LogP contribution is 2.24. The average molecular weight is 315 g/mol. The van der Waals surface area contributed by atoms with Crippen LogP contribution in [0.2, 0.25) is 0 Å². The van der Waals surface area contributed by atoms with Crippen molar-refractivity contribution in [3.63, 3.8) is 0 Å². The van der Waals surface area contributed by atoms with Crippen LogP contribution in [-0.4, -0.2) is 23.3 Å². The van der Waals surface area contributed by atoms with E-state index in [2.05, 4.69) is 11.8 Å². The molecule has 2 amide bonds. The van der Waals surface area contributed by atoms with E-state index in [9.17, 15) is 9.59 Å². The Morgan fingerprint density at radius 3 is 2.38 bits per heavy atom. The molecule has 3 heteroatoms. The molecule has 0 radical (unpaired) electrons. The summed E-state index contributed by atoms with van der Waals surface area (Å²) < 4.78 is 0. The fourth-order valence-electron chi connectivity index (χ4n) is 2.61. The quantitative estimate of drug-likeness (QED) is 0.492. The van der Waals surface area contributed by atoms with Crippen molar-refractivity contribution in [2.45, 2.75) is 13.3 Å². The van der Waals surface area contributed by atoms with Gasteiger partial charge in [0.15, 0.2) is 0 Å². The molecule has 0 N–H and O–H groups in total. The average Bonchev–Trinajstić information content (AvgIpc) is 2.85. The van der Waals surface area contributed by atoms with Crippen molar-refractivity contribution in [3.8, 4) is 11.8 Å². The molecule has 3 nitrogen and oxygen atoms in total. The maximum absolute atomic E-state index is 12.5. The number of hydrogen-bond donors (Lipinski definition) is 0. The number of rotatable bonds is 3. The molecule has 0 saturated carbocycles. The number of amides is 2. The summed E-state index contributed by atoms with van der Waals surface area (Å²) in [6.45, 7) is 2.32. The molecular weight excluding hydrogens is 298 g/mol. The van der Waals surface area contributed by atoms with Crippen LogP contribution in [0.5, 0.6) is 0 Å². The van der Waals surface area contributed by atoms with Crippen LogP contribution in [0.15, 0.2) is 60.7 Å². The molecule has 3 rings (SSSR count). The smallest absolute Gasteiger partial charge is 0.261 e. The highest BCUT2D eigenvalue weighted by atomic mass is 16.2. The summed E-state index contributed by atoms with van der Waals surface area (Å²) in [6, 6.07) is 14.8. The van der Waals surface area contributed by atoms with E-state index in [4.69, 9.17) is 0 Å². The first-order valence-electron chi connectivity index (χ1n) is 7.89. The highest BCUT2D eigenvalue weighted by molar-refractivity contribution is 6.21. The monoisotopic (exact) mass is 315 g/mol.